The van der Waals surface area contributed by atoms with E-state index in [2.05, 4.69) is 24.5 Å². The Bertz CT molecular complexity index is 1550. The predicted octanol–water partition coefficient (Wildman–Crippen LogP) is -2.81. The molecule has 0 saturated carbocycles. The molecule has 3 fully saturated rings. The molecule has 19 atom stereocenters. The first kappa shape index (κ1) is 70.3. The van der Waals surface area contributed by atoms with Crippen molar-refractivity contribution in [3.8, 4) is 0 Å². The van der Waals surface area contributed by atoms with Gasteiger partial charge in [0.25, 0.3) is 0 Å². The lowest BCUT2D eigenvalue weighted by molar-refractivity contribution is -0.361. The molecule has 0 aromatic heterocycles. The molecule has 0 aliphatic carbocycles. The van der Waals surface area contributed by atoms with Gasteiger partial charge in [0.15, 0.2) is 25.2 Å². The number of amides is 2. The number of rotatable bonds is 41. The summed E-state index contributed by atoms with van der Waals surface area (Å²) in [5.74, 6) is -0.757. The molecule has 26 nitrogen and oxygen atoms in total. The molecular formula is C52H98N2O24. The van der Waals surface area contributed by atoms with Crippen molar-refractivity contribution in [1.29, 1.82) is 0 Å². The molecule has 3 aliphatic heterocycles. The lowest BCUT2D eigenvalue weighted by Crippen LogP contribution is -2.65. The Hall–Kier alpha value is -1.94. The maximum absolute atomic E-state index is 13.6. The molecule has 2 amide bonds. The van der Waals surface area contributed by atoms with Gasteiger partial charge in [0.2, 0.25) is 11.8 Å². The topological polar surface area (TPSA) is 415 Å². The molecule has 78 heavy (non-hydrogen) atoms. The van der Waals surface area contributed by atoms with Gasteiger partial charge in [-0.15, -0.1) is 0 Å². The third-order valence-electron chi connectivity index (χ3n) is 14.6. The normalized spacial score (nSPS) is 31.4. The Morgan fingerprint density at radius 3 is 1.42 bits per heavy atom. The highest BCUT2D eigenvalue weighted by Gasteiger charge is 2.52. The number of unbranched alkanes of at least 4 members (excludes halogenated alkanes) is 14. The minimum absolute atomic E-state index is 0.127. The fraction of sp³-hybridized carbons (Fsp3) is 0.962. The minimum atomic E-state index is -1.99. The van der Waals surface area contributed by atoms with Crippen molar-refractivity contribution in [3.05, 3.63) is 0 Å². The van der Waals surface area contributed by atoms with Gasteiger partial charge in [-0.3, -0.25) is 9.59 Å². The monoisotopic (exact) mass is 1130 g/mol. The summed E-state index contributed by atoms with van der Waals surface area (Å²) >= 11 is 0. The molecule has 26 heteroatoms. The second-order valence-electron chi connectivity index (χ2n) is 21.1. The second kappa shape index (κ2) is 38.0. The number of aliphatic hydroxyl groups excluding tert-OH is 14. The van der Waals surface area contributed by atoms with Crippen LogP contribution < -0.4 is 10.6 Å². The van der Waals surface area contributed by atoms with E-state index in [1.54, 1.807) is 0 Å². The first-order valence-electron chi connectivity index (χ1n) is 28.2. The zero-order valence-electron chi connectivity index (χ0n) is 45.9. The highest BCUT2D eigenvalue weighted by molar-refractivity contribution is 5.76. The van der Waals surface area contributed by atoms with Crippen LogP contribution in [0.25, 0.3) is 0 Å². The Labute approximate surface area is 458 Å². The van der Waals surface area contributed by atoms with E-state index in [9.17, 15) is 81.1 Å². The van der Waals surface area contributed by atoms with E-state index in [1.807, 2.05) is 0 Å². The SMILES string of the molecule is CCCCCCCCCCC(=O)NCC(CNC(=O)CCCCCCCCCC)(CO[C@H]1OC(CO)[C@H](O[C@H]2OC(CO)[C@H](O)[C@@H](O)C2O)[C@@H](O)C1O)CO[C@@H](OC(CO)[C@@H](C)O[C@H]1OC(CO)[C@H](O)[C@@H](O)C1O)[C@H](O)CO. The molecule has 0 radical (unpaired) electrons. The van der Waals surface area contributed by atoms with Crippen molar-refractivity contribution >= 4 is 11.8 Å². The maximum Gasteiger partial charge on any atom is 0.220 e. The molecule has 3 rings (SSSR count). The standard InChI is InChI=1S/C52H98N2O24/c1-4-6-8-10-12-14-16-18-20-37(61)53-27-52(28-54-38(62)21-19-17-15-13-11-9-7-5-2,29-71-48(32(60)22-55)74-33(23-56)31(3)73-50-44(68)41(65)39(63)34(24-57)75-50)30-72-49-46(70)43(67)47(36(26-59)77-49)78-51-45(69)42(66)40(64)35(25-58)76-51/h31-36,39-51,55-60,63-70H,4-30H2,1-3H3,(H,53,61)(H,54,62)/t31-,32-,33?,34?,35?,36?,39+,40+,41-,42-,43+,44?,45?,46?,47+,48+,49+,50+,51-/m1/s1. The Balaban J connectivity index is 1.94. The van der Waals surface area contributed by atoms with Crippen molar-refractivity contribution in [2.45, 2.75) is 253 Å². The van der Waals surface area contributed by atoms with E-state index in [-0.39, 0.29) is 37.7 Å². The van der Waals surface area contributed by atoms with Crippen LogP contribution in [0.2, 0.25) is 0 Å². The number of hydrogen-bond donors (Lipinski definition) is 16. The van der Waals surface area contributed by atoms with Crippen molar-refractivity contribution in [2.24, 2.45) is 5.41 Å². The van der Waals surface area contributed by atoms with Crippen LogP contribution in [-0.4, -0.2) is 259 Å². The van der Waals surface area contributed by atoms with Crippen molar-refractivity contribution in [2.75, 3.05) is 59.3 Å². The van der Waals surface area contributed by atoms with Crippen molar-refractivity contribution in [1.82, 2.24) is 10.6 Å². The molecule has 3 aliphatic rings. The van der Waals surface area contributed by atoms with Gasteiger partial charge in [-0.25, -0.2) is 0 Å². The van der Waals surface area contributed by atoms with Crippen molar-refractivity contribution < 1.29 is 119 Å². The van der Waals surface area contributed by atoms with Gasteiger partial charge < -0.3 is 120 Å². The first-order chi connectivity index (χ1) is 37.3. The number of nitrogens with one attached hydrogen (secondary N) is 2. The molecule has 16 N–H and O–H groups in total. The van der Waals surface area contributed by atoms with Crippen LogP contribution in [0.4, 0.5) is 0 Å². The van der Waals surface area contributed by atoms with Crippen LogP contribution in [0, 0.1) is 5.41 Å². The molecule has 0 aromatic rings. The molecule has 3 saturated heterocycles. The van der Waals surface area contributed by atoms with Gasteiger partial charge in [-0.05, 0) is 19.8 Å². The third-order valence-corrected chi connectivity index (χ3v) is 14.6. The fourth-order valence-electron chi connectivity index (χ4n) is 9.39. The van der Waals surface area contributed by atoms with E-state index < -0.39 is 168 Å². The van der Waals surface area contributed by atoms with E-state index in [0.29, 0.717) is 12.8 Å². The average molecular weight is 1140 g/mol. The zero-order chi connectivity index (χ0) is 57.8. The summed E-state index contributed by atoms with van der Waals surface area (Å²) in [5, 5.41) is 153. The van der Waals surface area contributed by atoms with E-state index in [4.69, 9.17) is 37.9 Å². The molecule has 0 aromatic carbocycles. The van der Waals surface area contributed by atoms with Crippen LogP contribution >= 0.6 is 0 Å². The predicted molar refractivity (Wildman–Crippen MR) is 274 cm³/mol. The van der Waals surface area contributed by atoms with E-state index in [0.717, 1.165) is 89.9 Å². The van der Waals surface area contributed by atoms with Crippen LogP contribution in [0.1, 0.15) is 136 Å². The largest absolute Gasteiger partial charge is 0.394 e. The second-order valence-corrected chi connectivity index (χ2v) is 21.1. The Morgan fingerprint density at radius 1 is 0.526 bits per heavy atom. The summed E-state index contributed by atoms with van der Waals surface area (Å²) < 4.78 is 46.6. The summed E-state index contributed by atoms with van der Waals surface area (Å²) in [4.78, 5) is 27.2. The van der Waals surface area contributed by atoms with Crippen molar-refractivity contribution in [3.63, 3.8) is 0 Å². The number of carbonyl (C=O) groups excluding carboxylic acids is 2. The molecule has 3 heterocycles. The number of aliphatic hydroxyl groups is 14. The number of carbonyl (C=O) groups is 2. The van der Waals surface area contributed by atoms with E-state index in [1.165, 1.54) is 6.92 Å². The summed E-state index contributed by atoms with van der Waals surface area (Å²) in [5.41, 5.74) is -1.60. The lowest BCUT2D eigenvalue weighted by Gasteiger charge is -2.46. The average Bonchev–Trinajstić information content (AvgIpc) is 3.48. The molecular weight excluding hydrogens is 1040 g/mol. The minimum Gasteiger partial charge on any atom is -0.394 e. The number of ether oxygens (including phenoxy) is 8. The van der Waals surface area contributed by atoms with Gasteiger partial charge in [-0.1, -0.05) is 104 Å². The van der Waals surface area contributed by atoms with Gasteiger partial charge >= 0.3 is 0 Å². The third kappa shape index (κ3) is 22.7. The summed E-state index contributed by atoms with van der Waals surface area (Å²) in [6.45, 7) is -0.404. The van der Waals surface area contributed by atoms with Crippen LogP contribution in [0.15, 0.2) is 0 Å². The van der Waals surface area contributed by atoms with Crippen LogP contribution in [0.5, 0.6) is 0 Å². The Morgan fingerprint density at radius 2 is 0.962 bits per heavy atom. The molecule has 0 spiro atoms. The zero-order valence-corrected chi connectivity index (χ0v) is 45.9. The van der Waals surface area contributed by atoms with Gasteiger partial charge in [0.1, 0.15) is 85.5 Å². The number of hydrogen-bond acceptors (Lipinski definition) is 24. The summed E-state index contributed by atoms with van der Waals surface area (Å²) in [6.07, 6.45) is -16.4. The van der Waals surface area contributed by atoms with Gasteiger partial charge in [0.05, 0.1) is 57.8 Å². The van der Waals surface area contributed by atoms with Gasteiger partial charge in [-0.2, -0.15) is 0 Å². The maximum atomic E-state index is 13.6. The van der Waals surface area contributed by atoms with E-state index >= 15 is 0 Å². The highest BCUT2D eigenvalue weighted by Crippen LogP contribution is 2.32. The smallest absolute Gasteiger partial charge is 0.220 e. The molecule has 7 unspecified atom stereocenters. The first-order valence-corrected chi connectivity index (χ1v) is 28.2. The van der Waals surface area contributed by atoms with Crippen LogP contribution in [0.3, 0.4) is 0 Å². The molecule has 0 bridgehead atoms. The molecule has 460 valence electrons. The van der Waals surface area contributed by atoms with Crippen LogP contribution in [-0.2, 0) is 47.5 Å². The Kier molecular flexibility index (Phi) is 34.3. The fourth-order valence-corrected chi connectivity index (χ4v) is 9.39. The quantitative estimate of drug-likeness (QED) is 0.0217. The summed E-state index contributed by atoms with van der Waals surface area (Å²) in [7, 11) is 0. The highest BCUT2D eigenvalue weighted by atomic mass is 16.8. The summed E-state index contributed by atoms with van der Waals surface area (Å²) in [6, 6.07) is 0. The lowest BCUT2D eigenvalue weighted by atomic mass is 9.89. The van der Waals surface area contributed by atoms with Gasteiger partial charge in [0, 0.05) is 25.9 Å².